The Morgan fingerprint density at radius 3 is 2.74 bits per heavy atom. The van der Waals surface area contributed by atoms with E-state index >= 15 is 0 Å². The molecule has 0 saturated carbocycles. The molecule has 1 N–H and O–H groups in total. The zero-order valence-corrected chi connectivity index (χ0v) is 12.3. The Balaban J connectivity index is 2.13. The van der Waals surface area contributed by atoms with Gasteiger partial charge in [-0.15, -0.1) is 11.6 Å². The van der Waals surface area contributed by atoms with Crippen LogP contribution in [-0.4, -0.2) is 16.9 Å². The molecule has 0 aliphatic carbocycles. The standard InChI is InChI=1S/C16H21ClN2/c1-12(2)15(8-9-17)19-11-14-6-3-5-13-7-4-10-18-16(13)14/h3-7,10,12,15,19H,8-9,11H2,1-2H3. The molecule has 0 aliphatic rings. The summed E-state index contributed by atoms with van der Waals surface area (Å²) < 4.78 is 0. The van der Waals surface area contributed by atoms with Crippen LogP contribution in [-0.2, 0) is 6.54 Å². The highest BCUT2D eigenvalue weighted by Crippen LogP contribution is 2.16. The lowest BCUT2D eigenvalue weighted by Crippen LogP contribution is -2.33. The molecule has 1 atom stereocenters. The van der Waals surface area contributed by atoms with Gasteiger partial charge < -0.3 is 5.32 Å². The molecule has 19 heavy (non-hydrogen) atoms. The van der Waals surface area contributed by atoms with Gasteiger partial charge in [0.05, 0.1) is 5.52 Å². The third kappa shape index (κ3) is 3.68. The molecule has 3 heteroatoms. The van der Waals surface area contributed by atoms with Crippen LogP contribution in [0.1, 0.15) is 25.8 Å². The van der Waals surface area contributed by atoms with E-state index < -0.39 is 0 Å². The van der Waals surface area contributed by atoms with Crippen LogP contribution in [0.5, 0.6) is 0 Å². The van der Waals surface area contributed by atoms with E-state index in [2.05, 4.69) is 48.4 Å². The molecule has 1 unspecified atom stereocenters. The number of pyridine rings is 1. The van der Waals surface area contributed by atoms with Gasteiger partial charge in [-0.1, -0.05) is 38.1 Å². The normalized spacial score (nSPS) is 13.1. The van der Waals surface area contributed by atoms with Gasteiger partial charge in [0.15, 0.2) is 0 Å². The van der Waals surface area contributed by atoms with Crippen molar-refractivity contribution in [3.05, 3.63) is 42.1 Å². The van der Waals surface area contributed by atoms with Crippen LogP contribution >= 0.6 is 11.6 Å². The molecule has 0 bridgehead atoms. The molecular formula is C16H21ClN2. The van der Waals surface area contributed by atoms with Gasteiger partial charge in [-0.25, -0.2) is 0 Å². The van der Waals surface area contributed by atoms with Crippen LogP contribution in [0.15, 0.2) is 36.5 Å². The van der Waals surface area contributed by atoms with E-state index in [9.17, 15) is 0 Å². The van der Waals surface area contributed by atoms with Gasteiger partial charge >= 0.3 is 0 Å². The molecule has 0 aliphatic heterocycles. The van der Waals surface area contributed by atoms with Crippen LogP contribution in [0, 0.1) is 5.92 Å². The Morgan fingerprint density at radius 2 is 2.00 bits per heavy atom. The van der Waals surface area contributed by atoms with Crippen molar-refractivity contribution in [2.75, 3.05) is 5.88 Å². The van der Waals surface area contributed by atoms with Gasteiger partial charge in [-0.2, -0.15) is 0 Å². The lowest BCUT2D eigenvalue weighted by molar-refractivity contribution is 0.389. The summed E-state index contributed by atoms with van der Waals surface area (Å²) in [6, 6.07) is 10.9. The molecule has 2 aromatic rings. The molecule has 1 heterocycles. The van der Waals surface area contributed by atoms with Gasteiger partial charge in [0.1, 0.15) is 0 Å². The summed E-state index contributed by atoms with van der Waals surface area (Å²) in [6.07, 6.45) is 2.85. The first-order valence-electron chi connectivity index (χ1n) is 6.84. The molecule has 102 valence electrons. The number of hydrogen-bond donors (Lipinski definition) is 1. The van der Waals surface area contributed by atoms with Crippen LogP contribution < -0.4 is 5.32 Å². The number of nitrogens with zero attached hydrogens (tertiary/aromatic N) is 1. The molecule has 1 aromatic carbocycles. The first kappa shape index (κ1) is 14.3. The first-order chi connectivity index (χ1) is 9.22. The number of benzene rings is 1. The minimum Gasteiger partial charge on any atom is -0.310 e. The van der Waals surface area contributed by atoms with E-state index in [0.717, 1.165) is 18.5 Å². The number of nitrogens with one attached hydrogen (secondary N) is 1. The summed E-state index contributed by atoms with van der Waals surface area (Å²) in [7, 11) is 0. The predicted molar refractivity (Wildman–Crippen MR) is 82.5 cm³/mol. The smallest absolute Gasteiger partial charge is 0.0746 e. The van der Waals surface area contributed by atoms with Gasteiger partial charge in [0.2, 0.25) is 0 Å². The summed E-state index contributed by atoms with van der Waals surface area (Å²) in [5.41, 5.74) is 2.34. The van der Waals surface area contributed by atoms with Crippen molar-refractivity contribution in [3.63, 3.8) is 0 Å². The van der Waals surface area contributed by atoms with Gasteiger partial charge in [-0.3, -0.25) is 4.98 Å². The second-order valence-corrected chi connectivity index (χ2v) is 5.58. The lowest BCUT2D eigenvalue weighted by atomic mass is 10.0. The van der Waals surface area contributed by atoms with E-state index in [4.69, 9.17) is 11.6 Å². The highest BCUT2D eigenvalue weighted by Gasteiger charge is 2.12. The lowest BCUT2D eigenvalue weighted by Gasteiger charge is -2.21. The number of halogens is 1. The van der Waals surface area contributed by atoms with Crippen molar-refractivity contribution in [2.24, 2.45) is 5.92 Å². The molecule has 0 amide bonds. The fourth-order valence-corrected chi connectivity index (χ4v) is 2.57. The summed E-state index contributed by atoms with van der Waals surface area (Å²) in [5, 5.41) is 4.80. The minimum atomic E-state index is 0.455. The molecule has 0 radical (unpaired) electrons. The Hall–Kier alpha value is -1.12. The molecule has 0 saturated heterocycles. The monoisotopic (exact) mass is 276 g/mol. The maximum Gasteiger partial charge on any atom is 0.0746 e. The predicted octanol–water partition coefficient (Wildman–Crippen LogP) is 3.98. The topological polar surface area (TPSA) is 24.9 Å². The van der Waals surface area contributed by atoms with Gasteiger partial charge in [-0.05, 0) is 24.0 Å². The number of aromatic nitrogens is 1. The zero-order valence-electron chi connectivity index (χ0n) is 11.6. The Labute approximate surface area is 120 Å². The second-order valence-electron chi connectivity index (χ2n) is 5.20. The Bertz CT molecular complexity index is 520. The summed E-state index contributed by atoms with van der Waals surface area (Å²) >= 11 is 5.86. The third-order valence-electron chi connectivity index (χ3n) is 3.50. The molecular weight excluding hydrogens is 256 g/mol. The van der Waals surface area contributed by atoms with Crippen LogP contribution in [0.3, 0.4) is 0 Å². The number of alkyl halides is 1. The van der Waals surface area contributed by atoms with Gasteiger partial charge in [0, 0.05) is 30.0 Å². The molecule has 0 fully saturated rings. The van der Waals surface area contributed by atoms with E-state index in [1.54, 1.807) is 0 Å². The average Bonchev–Trinajstić information content (AvgIpc) is 2.43. The number of hydrogen-bond acceptors (Lipinski definition) is 2. The van der Waals surface area contributed by atoms with Crippen molar-refractivity contribution >= 4 is 22.5 Å². The quantitative estimate of drug-likeness (QED) is 0.808. The molecule has 1 aromatic heterocycles. The maximum atomic E-state index is 5.86. The SMILES string of the molecule is CC(C)C(CCCl)NCc1cccc2cccnc12. The zero-order chi connectivity index (χ0) is 13.7. The fourth-order valence-electron chi connectivity index (χ4n) is 2.34. The average molecular weight is 277 g/mol. The molecule has 2 nitrogen and oxygen atoms in total. The highest BCUT2D eigenvalue weighted by atomic mass is 35.5. The number of fused-ring (bicyclic) bond motifs is 1. The van der Waals surface area contributed by atoms with Crippen LogP contribution in [0.4, 0.5) is 0 Å². The van der Waals surface area contributed by atoms with E-state index in [-0.39, 0.29) is 0 Å². The maximum absolute atomic E-state index is 5.86. The Kier molecular flexibility index (Phi) is 5.17. The number of rotatable bonds is 6. The van der Waals surface area contributed by atoms with Crippen LogP contribution in [0.25, 0.3) is 10.9 Å². The van der Waals surface area contributed by atoms with E-state index in [1.165, 1.54) is 10.9 Å². The summed E-state index contributed by atoms with van der Waals surface area (Å²) in [6.45, 7) is 5.30. The van der Waals surface area contributed by atoms with Crippen LogP contribution in [0.2, 0.25) is 0 Å². The van der Waals surface area contributed by atoms with E-state index in [1.807, 2.05) is 12.3 Å². The van der Waals surface area contributed by atoms with Gasteiger partial charge in [0.25, 0.3) is 0 Å². The van der Waals surface area contributed by atoms with Crippen molar-refractivity contribution in [3.8, 4) is 0 Å². The molecule has 0 spiro atoms. The second kappa shape index (κ2) is 6.88. The third-order valence-corrected chi connectivity index (χ3v) is 3.71. The fraction of sp³-hybridized carbons (Fsp3) is 0.438. The number of para-hydroxylation sites is 1. The van der Waals surface area contributed by atoms with E-state index in [0.29, 0.717) is 17.8 Å². The highest BCUT2D eigenvalue weighted by molar-refractivity contribution is 6.17. The van der Waals surface area contributed by atoms with Crippen molar-refractivity contribution in [1.82, 2.24) is 10.3 Å². The Morgan fingerprint density at radius 1 is 1.21 bits per heavy atom. The van der Waals surface area contributed by atoms with Crippen molar-refractivity contribution in [2.45, 2.75) is 32.9 Å². The van der Waals surface area contributed by atoms with Crippen molar-refractivity contribution < 1.29 is 0 Å². The summed E-state index contributed by atoms with van der Waals surface area (Å²) in [5.74, 6) is 1.28. The van der Waals surface area contributed by atoms with Crippen molar-refractivity contribution in [1.29, 1.82) is 0 Å². The first-order valence-corrected chi connectivity index (χ1v) is 7.38. The minimum absolute atomic E-state index is 0.455. The molecule has 2 rings (SSSR count). The largest absolute Gasteiger partial charge is 0.310 e. The summed E-state index contributed by atoms with van der Waals surface area (Å²) in [4.78, 5) is 4.48.